The van der Waals surface area contributed by atoms with Crippen LogP contribution in [0.1, 0.15) is 12.5 Å². The van der Waals surface area contributed by atoms with Crippen LogP contribution in [0, 0.1) is 9.39 Å². The molecule has 0 heterocycles. The number of halogens is 2. The zero-order valence-corrected chi connectivity index (χ0v) is 9.58. The molecule has 0 saturated carbocycles. The van der Waals surface area contributed by atoms with Gasteiger partial charge in [0, 0.05) is 14.7 Å². The van der Waals surface area contributed by atoms with Gasteiger partial charge in [-0.05, 0) is 53.8 Å². The number of carboxylic acids is 1. The fraction of sp³-hybridized carbons (Fsp3) is 0.100. The summed E-state index contributed by atoms with van der Waals surface area (Å²) in [6.07, 6.45) is 1.32. The van der Waals surface area contributed by atoms with Crippen LogP contribution in [0.25, 0.3) is 6.08 Å². The fourth-order valence-electron chi connectivity index (χ4n) is 0.920. The van der Waals surface area contributed by atoms with Gasteiger partial charge in [0.15, 0.2) is 0 Å². The van der Waals surface area contributed by atoms with E-state index in [2.05, 4.69) is 0 Å². The summed E-state index contributed by atoms with van der Waals surface area (Å²) < 4.78 is 14.0. The van der Waals surface area contributed by atoms with E-state index in [0.717, 1.165) is 3.57 Å². The summed E-state index contributed by atoms with van der Waals surface area (Å²) in [4.78, 5) is 10.5. The summed E-state index contributed by atoms with van der Waals surface area (Å²) in [6.45, 7) is 1.43. The van der Waals surface area contributed by atoms with Crippen molar-refractivity contribution in [1.82, 2.24) is 0 Å². The Kier molecular flexibility index (Phi) is 3.62. The molecule has 0 spiro atoms. The van der Waals surface area contributed by atoms with E-state index in [4.69, 9.17) is 5.11 Å². The Hall–Kier alpha value is -0.910. The monoisotopic (exact) mass is 306 g/mol. The van der Waals surface area contributed by atoms with Crippen molar-refractivity contribution in [2.75, 3.05) is 0 Å². The highest BCUT2D eigenvalue weighted by molar-refractivity contribution is 14.1. The maximum Gasteiger partial charge on any atom is 0.331 e. The molecule has 14 heavy (non-hydrogen) atoms. The van der Waals surface area contributed by atoms with Crippen LogP contribution in [0.3, 0.4) is 0 Å². The number of aliphatic carboxylic acids is 1. The molecule has 0 radical (unpaired) electrons. The Balaban J connectivity index is 3.13. The molecule has 0 saturated heterocycles. The van der Waals surface area contributed by atoms with Crippen LogP contribution in [0.2, 0.25) is 0 Å². The number of hydrogen-bond donors (Lipinski definition) is 1. The molecule has 0 bridgehead atoms. The van der Waals surface area contributed by atoms with Gasteiger partial charge in [0.25, 0.3) is 0 Å². The lowest BCUT2D eigenvalue weighted by Crippen LogP contribution is -1.96. The average molecular weight is 306 g/mol. The standard InChI is InChI=1S/C10H8FIO2/c1-6(10(13)14)4-7-5-8(12)2-3-9(7)11/h2-5H,1H3,(H,13,14)/b6-4+. The number of carboxylic acid groups (broad SMARTS) is 1. The summed E-state index contributed by atoms with van der Waals surface area (Å²) in [6, 6.07) is 4.55. The van der Waals surface area contributed by atoms with E-state index in [1.165, 1.54) is 19.1 Å². The first-order valence-electron chi connectivity index (χ1n) is 3.87. The molecule has 0 aliphatic heterocycles. The molecule has 1 aromatic rings. The second-order valence-electron chi connectivity index (χ2n) is 2.80. The van der Waals surface area contributed by atoms with Gasteiger partial charge in [-0.1, -0.05) is 0 Å². The molecule has 1 aromatic carbocycles. The lowest BCUT2D eigenvalue weighted by atomic mass is 10.1. The second kappa shape index (κ2) is 4.54. The fourth-order valence-corrected chi connectivity index (χ4v) is 1.44. The maximum absolute atomic E-state index is 13.2. The van der Waals surface area contributed by atoms with Crippen molar-refractivity contribution in [1.29, 1.82) is 0 Å². The summed E-state index contributed by atoms with van der Waals surface area (Å²) in [5, 5.41) is 8.61. The number of rotatable bonds is 2. The first-order chi connectivity index (χ1) is 6.50. The predicted octanol–water partition coefficient (Wildman–Crippen LogP) is 2.92. The molecule has 1 N–H and O–H groups in total. The smallest absolute Gasteiger partial charge is 0.331 e. The molecule has 0 fully saturated rings. The van der Waals surface area contributed by atoms with Crippen molar-refractivity contribution in [3.05, 3.63) is 38.7 Å². The van der Waals surface area contributed by atoms with Crippen molar-refractivity contribution in [2.24, 2.45) is 0 Å². The SMILES string of the molecule is C/C(=C\c1cc(I)ccc1F)C(=O)O. The van der Waals surface area contributed by atoms with Crippen molar-refractivity contribution >= 4 is 34.6 Å². The largest absolute Gasteiger partial charge is 0.478 e. The Morgan fingerprint density at radius 1 is 1.57 bits per heavy atom. The van der Waals surface area contributed by atoms with Gasteiger partial charge in [-0.15, -0.1) is 0 Å². The van der Waals surface area contributed by atoms with Gasteiger partial charge in [-0.3, -0.25) is 0 Å². The van der Waals surface area contributed by atoms with Gasteiger partial charge in [0.2, 0.25) is 0 Å². The summed E-state index contributed by atoms with van der Waals surface area (Å²) in [5.74, 6) is -1.45. The van der Waals surface area contributed by atoms with E-state index in [9.17, 15) is 9.18 Å². The predicted molar refractivity (Wildman–Crippen MR) is 60.4 cm³/mol. The van der Waals surface area contributed by atoms with Crippen molar-refractivity contribution < 1.29 is 14.3 Å². The highest BCUT2D eigenvalue weighted by Crippen LogP contribution is 2.15. The molecule has 0 unspecified atom stereocenters. The minimum Gasteiger partial charge on any atom is -0.478 e. The second-order valence-corrected chi connectivity index (χ2v) is 4.04. The molecule has 0 aromatic heterocycles. The molecule has 0 atom stereocenters. The Bertz CT molecular complexity index is 399. The molecule has 0 aliphatic carbocycles. The van der Waals surface area contributed by atoms with Gasteiger partial charge in [-0.2, -0.15) is 0 Å². The van der Waals surface area contributed by atoms with E-state index in [1.54, 1.807) is 12.1 Å². The van der Waals surface area contributed by atoms with Crippen LogP contribution >= 0.6 is 22.6 Å². The lowest BCUT2D eigenvalue weighted by molar-refractivity contribution is -0.132. The van der Waals surface area contributed by atoms with Crippen LogP contribution in [0.5, 0.6) is 0 Å². The maximum atomic E-state index is 13.2. The summed E-state index contributed by atoms with van der Waals surface area (Å²) in [7, 11) is 0. The molecule has 2 nitrogen and oxygen atoms in total. The van der Waals surface area contributed by atoms with Crippen LogP contribution in [-0.4, -0.2) is 11.1 Å². The number of hydrogen-bond acceptors (Lipinski definition) is 1. The van der Waals surface area contributed by atoms with Gasteiger partial charge in [-0.25, -0.2) is 9.18 Å². The van der Waals surface area contributed by atoms with E-state index in [-0.39, 0.29) is 5.57 Å². The summed E-state index contributed by atoms with van der Waals surface area (Å²) in [5.41, 5.74) is 0.419. The molecular weight excluding hydrogens is 298 g/mol. The average Bonchev–Trinajstić information content (AvgIpc) is 2.11. The quantitative estimate of drug-likeness (QED) is 0.674. The molecule has 0 aliphatic rings. The third kappa shape index (κ3) is 2.80. The van der Waals surface area contributed by atoms with Crippen LogP contribution in [0.15, 0.2) is 23.8 Å². The highest BCUT2D eigenvalue weighted by Gasteiger charge is 2.04. The molecular formula is C10H8FIO2. The first kappa shape index (κ1) is 11.2. The summed E-state index contributed by atoms with van der Waals surface area (Å²) >= 11 is 2.04. The third-order valence-corrected chi connectivity index (χ3v) is 2.34. The van der Waals surface area contributed by atoms with E-state index in [0.29, 0.717) is 5.56 Å². The van der Waals surface area contributed by atoms with Gasteiger partial charge in [0.1, 0.15) is 5.82 Å². The normalized spacial score (nSPS) is 11.5. The van der Waals surface area contributed by atoms with Crippen LogP contribution < -0.4 is 0 Å². The van der Waals surface area contributed by atoms with Crippen molar-refractivity contribution in [2.45, 2.75) is 6.92 Å². The number of benzene rings is 1. The minimum absolute atomic E-state index is 0.117. The highest BCUT2D eigenvalue weighted by atomic mass is 127. The van der Waals surface area contributed by atoms with E-state index in [1.807, 2.05) is 22.6 Å². The van der Waals surface area contributed by atoms with Gasteiger partial charge in [0.05, 0.1) is 0 Å². The molecule has 74 valence electrons. The Labute approximate surface area is 94.6 Å². The molecule has 1 rings (SSSR count). The zero-order valence-electron chi connectivity index (χ0n) is 7.42. The molecule has 4 heteroatoms. The topological polar surface area (TPSA) is 37.3 Å². The van der Waals surface area contributed by atoms with Crippen LogP contribution in [-0.2, 0) is 4.79 Å². The van der Waals surface area contributed by atoms with Crippen molar-refractivity contribution in [3.63, 3.8) is 0 Å². The lowest BCUT2D eigenvalue weighted by Gasteiger charge is -1.99. The van der Waals surface area contributed by atoms with Gasteiger partial charge < -0.3 is 5.11 Å². The van der Waals surface area contributed by atoms with Gasteiger partial charge >= 0.3 is 5.97 Å². The van der Waals surface area contributed by atoms with Crippen molar-refractivity contribution in [3.8, 4) is 0 Å². The van der Waals surface area contributed by atoms with Crippen LogP contribution in [0.4, 0.5) is 4.39 Å². The third-order valence-electron chi connectivity index (χ3n) is 1.67. The Morgan fingerprint density at radius 2 is 2.21 bits per heavy atom. The van der Waals surface area contributed by atoms with E-state index >= 15 is 0 Å². The molecule has 0 amide bonds. The zero-order chi connectivity index (χ0) is 10.7. The first-order valence-corrected chi connectivity index (χ1v) is 4.95. The Morgan fingerprint density at radius 3 is 2.79 bits per heavy atom. The number of carbonyl (C=O) groups is 1. The van der Waals surface area contributed by atoms with E-state index < -0.39 is 11.8 Å². The minimum atomic E-state index is -1.04.